The number of hydrogen-bond acceptors (Lipinski definition) is 5. The van der Waals surface area contributed by atoms with Gasteiger partial charge in [0.25, 0.3) is 0 Å². The van der Waals surface area contributed by atoms with Crippen LogP contribution in [-0.4, -0.2) is 29.6 Å². The van der Waals surface area contributed by atoms with Gasteiger partial charge in [0.05, 0.1) is 6.61 Å². The SMILES string of the molecule is Cc1csc(C2CN(Cc3ccc(C)s3)CCO2)n1. The molecular weight excluding hydrogens is 276 g/mol. The van der Waals surface area contributed by atoms with E-state index in [1.807, 2.05) is 18.3 Å². The van der Waals surface area contributed by atoms with Gasteiger partial charge in [-0.25, -0.2) is 4.98 Å². The average molecular weight is 294 g/mol. The highest BCUT2D eigenvalue weighted by atomic mass is 32.1. The topological polar surface area (TPSA) is 25.4 Å². The van der Waals surface area contributed by atoms with Gasteiger partial charge in [-0.15, -0.1) is 22.7 Å². The van der Waals surface area contributed by atoms with Gasteiger partial charge in [0.1, 0.15) is 11.1 Å². The summed E-state index contributed by atoms with van der Waals surface area (Å²) in [5.74, 6) is 0. The number of aryl methyl sites for hydroxylation is 2. The third-order valence-electron chi connectivity index (χ3n) is 3.24. The molecule has 2 aromatic rings. The molecule has 1 saturated heterocycles. The van der Waals surface area contributed by atoms with Gasteiger partial charge in [-0.2, -0.15) is 0 Å². The number of nitrogens with zero attached hydrogens (tertiary/aromatic N) is 2. The van der Waals surface area contributed by atoms with Gasteiger partial charge in [-0.1, -0.05) is 0 Å². The summed E-state index contributed by atoms with van der Waals surface area (Å²) in [5, 5.41) is 3.21. The van der Waals surface area contributed by atoms with E-state index in [9.17, 15) is 0 Å². The Morgan fingerprint density at radius 3 is 3.00 bits per heavy atom. The summed E-state index contributed by atoms with van der Waals surface area (Å²) >= 11 is 3.60. The van der Waals surface area contributed by atoms with Crippen LogP contribution in [0.2, 0.25) is 0 Å². The molecule has 0 bridgehead atoms. The maximum Gasteiger partial charge on any atom is 0.123 e. The summed E-state index contributed by atoms with van der Waals surface area (Å²) in [6.45, 7) is 7.99. The van der Waals surface area contributed by atoms with Crippen molar-refractivity contribution in [2.45, 2.75) is 26.5 Å². The Morgan fingerprint density at radius 2 is 2.32 bits per heavy atom. The van der Waals surface area contributed by atoms with Crippen LogP contribution in [0.15, 0.2) is 17.5 Å². The third-order valence-corrected chi connectivity index (χ3v) is 5.28. The van der Waals surface area contributed by atoms with Crippen LogP contribution in [0.1, 0.15) is 26.6 Å². The highest BCUT2D eigenvalue weighted by Gasteiger charge is 2.24. The van der Waals surface area contributed by atoms with E-state index in [0.29, 0.717) is 0 Å². The van der Waals surface area contributed by atoms with E-state index >= 15 is 0 Å². The molecule has 19 heavy (non-hydrogen) atoms. The third kappa shape index (κ3) is 3.23. The first-order valence-electron chi connectivity index (χ1n) is 6.52. The Kier molecular flexibility index (Phi) is 3.98. The molecule has 102 valence electrons. The molecule has 0 aromatic carbocycles. The van der Waals surface area contributed by atoms with Gasteiger partial charge in [0.2, 0.25) is 0 Å². The number of thiophene rings is 1. The first-order chi connectivity index (χ1) is 9.20. The summed E-state index contributed by atoms with van der Waals surface area (Å²) in [4.78, 5) is 9.84. The molecule has 1 fully saturated rings. The minimum Gasteiger partial charge on any atom is -0.368 e. The Labute approximate surface area is 121 Å². The molecular formula is C14H18N2OS2. The second-order valence-corrected chi connectivity index (χ2v) is 7.20. The van der Waals surface area contributed by atoms with Crippen LogP contribution < -0.4 is 0 Å². The fourth-order valence-corrected chi connectivity index (χ4v) is 4.07. The lowest BCUT2D eigenvalue weighted by Gasteiger charge is -2.31. The summed E-state index contributed by atoms with van der Waals surface area (Å²) in [6, 6.07) is 4.43. The van der Waals surface area contributed by atoms with Gasteiger partial charge in [0, 0.05) is 40.5 Å². The van der Waals surface area contributed by atoms with Crippen molar-refractivity contribution in [1.82, 2.24) is 9.88 Å². The predicted molar refractivity (Wildman–Crippen MR) is 79.9 cm³/mol. The molecule has 1 atom stereocenters. The minimum atomic E-state index is 0.147. The first-order valence-corrected chi connectivity index (χ1v) is 8.21. The molecule has 0 aliphatic carbocycles. The van der Waals surface area contributed by atoms with Gasteiger partial charge < -0.3 is 4.74 Å². The Balaban J connectivity index is 1.64. The van der Waals surface area contributed by atoms with Crippen molar-refractivity contribution in [2.75, 3.05) is 19.7 Å². The summed E-state index contributed by atoms with van der Waals surface area (Å²) in [7, 11) is 0. The summed E-state index contributed by atoms with van der Waals surface area (Å²) in [6.07, 6.45) is 0.147. The van der Waals surface area contributed by atoms with Gasteiger partial charge in [-0.3, -0.25) is 4.90 Å². The van der Waals surface area contributed by atoms with E-state index in [-0.39, 0.29) is 6.10 Å². The van der Waals surface area contributed by atoms with E-state index in [1.165, 1.54) is 9.75 Å². The molecule has 2 aromatic heterocycles. The summed E-state index contributed by atoms with van der Waals surface area (Å²) < 4.78 is 5.86. The second kappa shape index (κ2) is 5.71. The van der Waals surface area contributed by atoms with Crippen molar-refractivity contribution in [2.24, 2.45) is 0 Å². The van der Waals surface area contributed by atoms with Crippen molar-refractivity contribution in [3.05, 3.63) is 38.0 Å². The zero-order valence-corrected chi connectivity index (χ0v) is 12.9. The van der Waals surface area contributed by atoms with Gasteiger partial charge >= 0.3 is 0 Å². The second-order valence-electron chi connectivity index (χ2n) is 4.93. The van der Waals surface area contributed by atoms with Crippen LogP contribution in [-0.2, 0) is 11.3 Å². The fraction of sp³-hybridized carbons (Fsp3) is 0.500. The smallest absolute Gasteiger partial charge is 0.123 e. The predicted octanol–water partition coefficient (Wildman–Crippen LogP) is 3.39. The summed E-state index contributed by atoms with van der Waals surface area (Å²) in [5.41, 5.74) is 1.09. The van der Waals surface area contributed by atoms with E-state index in [0.717, 1.165) is 36.9 Å². The highest BCUT2D eigenvalue weighted by molar-refractivity contribution is 7.11. The van der Waals surface area contributed by atoms with Crippen molar-refractivity contribution in [1.29, 1.82) is 0 Å². The largest absolute Gasteiger partial charge is 0.368 e. The number of hydrogen-bond donors (Lipinski definition) is 0. The molecule has 1 unspecified atom stereocenters. The van der Waals surface area contributed by atoms with E-state index in [2.05, 4.69) is 34.3 Å². The number of morpholine rings is 1. The molecule has 0 saturated carbocycles. The minimum absolute atomic E-state index is 0.147. The van der Waals surface area contributed by atoms with E-state index < -0.39 is 0 Å². The zero-order valence-electron chi connectivity index (χ0n) is 11.3. The van der Waals surface area contributed by atoms with Crippen LogP contribution in [0.4, 0.5) is 0 Å². The van der Waals surface area contributed by atoms with Gasteiger partial charge in [0.15, 0.2) is 0 Å². The van der Waals surface area contributed by atoms with E-state index in [4.69, 9.17) is 4.74 Å². The van der Waals surface area contributed by atoms with Crippen LogP contribution in [0.5, 0.6) is 0 Å². The average Bonchev–Trinajstić information content (AvgIpc) is 2.99. The number of ether oxygens (including phenoxy) is 1. The fourth-order valence-electron chi connectivity index (χ4n) is 2.31. The molecule has 0 N–H and O–H groups in total. The quantitative estimate of drug-likeness (QED) is 0.867. The van der Waals surface area contributed by atoms with Crippen molar-refractivity contribution >= 4 is 22.7 Å². The first kappa shape index (κ1) is 13.2. The van der Waals surface area contributed by atoms with Crippen LogP contribution in [0.3, 0.4) is 0 Å². The lowest BCUT2D eigenvalue weighted by Crippen LogP contribution is -2.37. The lowest BCUT2D eigenvalue weighted by molar-refractivity contribution is -0.0327. The molecule has 0 radical (unpaired) electrons. The maximum atomic E-state index is 5.86. The molecule has 0 amide bonds. The lowest BCUT2D eigenvalue weighted by atomic mass is 10.2. The number of thiazole rings is 1. The normalized spacial score (nSPS) is 20.8. The molecule has 0 spiro atoms. The molecule has 1 aliphatic rings. The zero-order chi connectivity index (χ0) is 13.2. The number of aromatic nitrogens is 1. The van der Waals surface area contributed by atoms with Crippen molar-refractivity contribution in [3.8, 4) is 0 Å². The van der Waals surface area contributed by atoms with Crippen LogP contribution in [0.25, 0.3) is 0 Å². The van der Waals surface area contributed by atoms with Crippen LogP contribution >= 0.6 is 22.7 Å². The molecule has 3 nitrogen and oxygen atoms in total. The Morgan fingerprint density at radius 1 is 1.42 bits per heavy atom. The van der Waals surface area contributed by atoms with Crippen LogP contribution in [0, 0.1) is 13.8 Å². The Bertz CT molecular complexity index is 549. The molecule has 3 rings (SSSR count). The monoisotopic (exact) mass is 294 g/mol. The molecule has 1 aliphatic heterocycles. The maximum absolute atomic E-state index is 5.86. The van der Waals surface area contributed by atoms with E-state index in [1.54, 1.807) is 11.3 Å². The standard InChI is InChI=1S/C14H18N2OS2/c1-10-9-18-14(15-10)13-8-16(5-6-17-13)7-12-4-3-11(2)19-12/h3-4,9,13H,5-8H2,1-2H3. The number of rotatable bonds is 3. The molecule has 3 heterocycles. The van der Waals surface area contributed by atoms with Crippen molar-refractivity contribution in [3.63, 3.8) is 0 Å². The molecule has 5 heteroatoms. The Hall–Kier alpha value is -0.750. The van der Waals surface area contributed by atoms with Gasteiger partial charge in [-0.05, 0) is 26.0 Å². The highest BCUT2D eigenvalue weighted by Crippen LogP contribution is 2.27. The van der Waals surface area contributed by atoms with Crippen molar-refractivity contribution < 1.29 is 4.74 Å².